The zero-order valence-electron chi connectivity index (χ0n) is 12.5. The molecule has 122 valence electrons. The second-order valence-electron chi connectivity index (χ2n) is 4.44. The Hall–Kier alpha value is -2.24. The average Bonchev–Trinajstić information content (AvgIpc) is 2.53. The van der Waals surface area contributed by atoms with E-state index in [0.29, 0.717) is 36.2 Å². The molecule has 1 N–H and O–H groups in total. The van der Waals surface area contributed by atoms with Crippen molar-refractivity contribution in [1.29, 1.82) is 5.26 Å². The van der Waals surface area contributed by atoms with Gasteiger partial charge in [-0.25, -0.2) is 0 Å². The summed E-state index contributed by atoms with van der Waals surface area (Å²) in [5.74, 6) is -0.519. The van der Waals surface area contributed by atoms with Crippen LogP contribution in [0, 0.1) is 21.4 Å². The van der Waals surface area contributed by atoms with Gasteiger partial charge >= 0.3 is 0 Å². The molecule has 1 aromatic rings. The molecule has 23 heavy (non-hydrogen) atoms. The van der Waals surface area contributed by atoms with Gasteiger partial charge in [0, 0.05) is 25.8 Å². The molecule has 0 aromatic heterocycles. The number of ether oxygens (including phenoxy) is 1. The highest BCUT2D eigenvalue weighted by molar-refractivity contribution is 9.10. The molecule has 0 aliphatic rings. The predicted octanol–water partition coefficient (Wildman–Crippen LogP) is 2.81. The van der Waals surface area contributed by atoms with Crippen LogP contribution in [0.5, 0.6) is 0 Å². The van der Waals surface area contributed by atoms with E-state index in [1.54, 1.807) is 12.1 Å². The maximum Gasteiger partial charge on any atom is 0.284 e. The number of nitro benzene ring substituents is 1. The first-order valence-corrected chi connectivity index (χ1v) is 7.70. The van der Waals surface area contributed by atoms with Crippen LogP contribution in [0.4, 0.5) is 5.69 Å². The van der Waals surface area contributed by atoms with Gasteiger partial charge in [0.15, 0.2) is 0 Å². The maximum absolute atomic E-state index is 11.9. The number of carbonyl (C=O) groups is 1. The Morgan fingerprint density at radius 1 is 1.57 bits per heavy atom. The van der Waals surface area contributed by atoms with E-state index in [9.17, 15) is 14.9 Å². The number of carbonyl (C=O) groups excluding carboxylic acids is 1. The fraction of sp³-hybridized carbons (Fsp3) is 0.333. The summed E-state index contributed by atoms with van der Waals surface area (Å²) in [5, 5.41) is 22.6. The second kappa shape index (κ2) is 9.71. The van der Waals surface area contributed by atoms with Crippen LogP contribution in [0.1, 0.15) is 18.9 Å². The van der Waals surface area contributed by atoms with Gasteiger partial charge in [0.1, 0.15) is 11.6 Å². The minimum atomic E-state index is -0.540. The Bertz CT molecular complexity index is 653. The van der Waals surface area contributed by atoms with Gasteiger partial charge in [-0.05, 0) is 47.0 Å². The molecule has 1 aromatic carbocycles. The van der Waals surface area contributed by atoms with E-state index in [-0.39, 0.29) is 11.3 Å². The van der Waals surface area contributed by atoms with Crippen LogP contribution in [-0.2, 0) is 9.53 Å². The summed E-state index contributed by atoms with van der Waals surface area (Å²) in [6.45, 7) is 3.41. The summed E-state index contributed by atoms with van der Waals surface area (Å²) in [6, 6.07) is 6.18. The molecule has 1 rings (SSSR count). The molecule has 0 aliphatic heterocycles. The van der Waals surface area contributed by atoms with Crippen molar-refractivity contribution >= 4 is 33.6 Å². The van der Waals surface area contributed by atoms with Crippen LogP contribution in [0.25, 0.3) is 6.08 Å². The van der Waals surface area contributed by atoms with Gasteiger partial charge in [-0.2, -0.15) is 5.26 Å². The molecule has 0 saturated carbocycles. The van der Waals surface area contributed by atoms with Crippen molar-refractivity contribution in [2.45, 2.75) is 13.3 Å². The molecule has 8 heteroatoms. The highest BCUT2D eigenvalue weighted by Crippen LogP contribution is 2.26. The number of nitriles is 1. The molecular weight excluding hydrogens is 366 g/mol. The monoisotopic (exact) mass is 381 g/mol. The Balaban J connectivity index is 2.79. The molecule has 0 heterocycles. The third-order valence-corrected chi connectivity index (χ3v) is 3.47. The van der Waals surface area contributed by atoms with Crippen molar-refractivity contribution in [2.24, 2.45) is 0 Å². The molecular formula is C15H16BrN3O4. The van der Waals surface area contributed by atoms with Gasteiger partial charge < -0.3 is 10.1 Å². The first-order chi connectivity index (χ1) is 11.0. The predicted molar refractivity (Wildman–Crippen MR) is 88.5 cm³/mol. The summed E-state index contributed by atoms with van der Waals surface area (Å²) in [7, 11) is 0. The van der Waals surface area contributed by atoms with Crippen LogP contribution >= 0.6 is 15.9 Å². The normalized spacial score (nSPS) is 10.9. The van der Waals surface area contributed by atoms with Crippen molar-refractivity contribution in [1.82, 2.24) is 5.32 Å². The number of hydrogen-bond donors (Lipinski definition) is 1. The van der Waals surface area contributed by atoms with Gasteiger partial charge in [0.05, 0.1) is 9.40 Å². The largest absolute Gasteiger partial charge is 0.382 e. The van der Waals surface area contributed by atoms with Crippen LogP contribution < -0.4 is 5.32 Å². The third kappa shape index (κ3) is 6.18. The molecule has 0 spiro atoms. The lowest BCUT2D eigenvalue weighted by Gasteiger charge is -2.04. The van der Waals surface area contributed by atoms with Crippen molar-refractivity contribution in [3.63, 3.8) is 0 Å². The Morgan fingerprint density at radius 2 is 2.30 bits per heavy atom. The Kier molecular flexibility index (Phi) is 7.94. The Morgan fingerprint density at radius 3 is 2.91 bits per heavy atom. The fourth-order valence-corrected chi connectivity index (χ4v) is 2.08. The van der Waals surface area contributed by atoms with Gasteiger partial charge in [0.25, 0.3) is 11.6 Å². The van der Waals surface area contributed by atoms with E-state index in [2.05, 4.69) is 21.2 Å². The van der Waals surface area contributed by atoms with Crippen LogP contribution in [-0.4, -0.2) is 30.6 Å². The highest BCUT2D eigenvalue weighted by Gasteiger charge is 2.13. The molecule has 1 amide bonds. The number of nitro groups is 1. The van der Waals surface area contributed by atoms with Crippen molar-refractivity contribution < 1.29 is 14.5 Å². The van der Waals surface area contributed by atoms with Gasteiger partial charge in [-0.1, -0.05) is 6.07 Å². The molecule has 0 aliphatic carbocycles. The minimum Gasteiger partial charge on any atom is -0.382 e. The number of amides is 1. The van der Waals surface area contributed by atoms with Crippen molar-refractivity contribution in [3.05, 3.63) is 43.9 Å². The number of hydrogen-bond acceptors (Lipinski definition) is 5. The fourth-order valence-electron chi connectivity index (χ4n) is 1.69. The Labute approximate surface area is 142 Å². The summed E-state index contributed by atoms with van der Waals surface area (Å²) in [5.41, 5.74) is 0.159. The van der Waals surface area contributed by atoms with Gasteiger partial charge in [0.2, 0.25) is 0 Å². The lowest BCUT2D eigenvalue weighted by molar-refractivity contribution is -0.385. The first-order valence-electron chi connectivity index (χ1n) is 6.91. The molecule has 0 atom stereocenters. The van der Waals surface area contributed by atoms with Gasteiger partial charge in [-0.3, -0.25) is 14.9 Å². The summed E-state index contributed by atoms with van der Waals surface area (Å²) >= 11 is 3.08. The zero-order chi connectivity index (χ0) is 17.2. The SMILES string of the molecule is CCOCCCNC(=O)/C(C#N)=C/c1ccc(Br)c([N+](=O)[O-])c1. The number of rotatable bonds is 8. The highest BCUT2D eigenvalue weighted by atomic mass is 79.9. The van der Waals surface area contributed by atoms with Crippen LogP contribution in [0.15, 0.2) is 28.2 Å². The lowest BCUT2D eigenvalue weighted by atomic mass is 10.1. The van der Waals surface area contributed by atoms with E-state index in [4.69, 9.17) is 10.00 Å². The summed E-state index contributed by atoms with van der Waals surface area (Å²) in [4.78, 5) is 22.3. The van der Waals surface area contributed by atoms with Crippen LogP contribution in [0.3, 0.4) is 0 Å². The second-order valence-corrected chi connectivity index (χ2v) is 5.30. The van der Waals surface area contributed by atoms with E-state index in [1.165, 1.54) is 18.2 Å². The van der Waals surface area contributed by atoms with E-state index in [1.807, 2.05) is 6.92 Å². The minimum absolute atomic E-state index is 0.113. The number of nitrogens with one attached hydrogen (secondary N) is 1. The van der Waals surface area contributed by atoms with Gasteiger partial charge in [-0.15, -0.1) is 0 Å². The number of nitrogens with zero attached hydrogens (tertiary/aromatic N) is 2. The molecule has 7 nitrogen and oxygen atoms in total. The number of halogens is 1. The van der Waals surface area contributed by atoms with Crippen molar-refractivity contribution in [3.8, 4) is 6.07 Å². The molecule has 0 fully saturated rings. The maximum atomic E-state index is 11.9. The van der Waals surface area contributed by atoms with Crippen molar-refractivity contribution in [2.75, 3.05) is 19.8 Å². The molecule has 0 radical (unpaired) electrons. The van der Waals surface area contributed by atoms with Crippen LogP contribution in [0.2, 0.25) is 0 Å². The zero-order valence-corrected chi connectivity index (χ0v) is 14.1. The first kappa shape index (κ1) is 18.8. The topological polar surface area (TPSA) is 105 Å². The lowest BCUT2D eigenvalue weighted by Crippen LogP contribution is -2.26. The van der Waals surface area contributed by atoms with E-state index < -0.39 is 10.8 Å². The van der Waals surface area contributed by atoms with E-state index >= 15 is 0 Å². The quantitative estimate of drug-likeness (QED) is 0.245. The molecule has 0 unspecified atom stereocenters. The number of benzene rings is 1. The third-order valence-electron chi connectivity index (χ3n) is 2.80. The average molecular weight is 382 g/mol. The molecule has 0 bridgehead atoms. The van der Waals surface area contributed by atoms with E-state index in [0.717, 1.165) is 0 Å². The summed E-state index contributed by atoms with van der Waals surface area (Å²) in [6.07, 6.45) is 1.96. The standard InChI is InChI=1S/C15H16BrN3O4/c1-2-23-7-3-6-18-15(20)12(10-17)8-11-4-5-13(16)14(9-11)19(21)22/h4-5,8-9H,2-3,6-7H2,1H3,(H,18,20)/b12-8+. The molecule has 0 saturated heterocycles. The smallest absolute Gasteiger partial charge is 0.284 e. The summed E-state index contributed by atoms with van der Waals surface area (Å²) < 4.78 is 5.48.